The highest BCUT2D eigenvalue weighted by Gasteiger charge is 2.44. The summed E-state index contributed by atoms with van der Waals surface area (Å²) in [6, 6.07) is 9.90. The molecular formula is C34H40FN5O4S. The molecule has 1 aliphatic rings. The van der Waals surface area contributed by atoms with Crippen molar-refractivity contribution in [1.29, 1.82) is 0 Å². The first-order chi connectivity index (χ1) is 21.3. The van der Waals surface area contributed by atoms with Crippen LogP contribution in [-0.2, 0) is 9.59 Å². The minimum atomic E-state index is -0.857. The van der Waals surface area contributed by atoms with Crippen LogP contribution in [0.25, 0.3) is 21.6 Å². The van der Waals surface area contributed by atoms with Crippen LogP contribution in [0.15, 0.2) is 47.8 Å². The fourth-order valence-electron chi connectivity index (χ4n) is 5.58. The highest BCUT2D eigenvalue weighted by Crippen LogP contribution is 2.38. The molecule has 0 bridgehead atoms. The van der Waals surface area contributed by atoms with Gasteiger partial charge < -0.3 is 25.4 Å². The average molecular weight is 634 g/mol. The Bertz CT molecular complexity index is 1720. The molecule has 1 aliphatic heterocycles. The van der Waals surface area contributed by atoms with Gasteiger partial charge in [-0.1, -0.05) is 34.6 Å². The number of nitrogens with two attached hydrogens (primary N) is 1. The Balaban J connectivity index is 1.49. The Morgan fingerprint density at radius 3 is 2.42 bits per heavy atom. The van der Waals surface area contributed by atoms with Crippen molar-refractivity contribution in [3.05, 3.63) is 64.9 Å². The van der Waals surface area contributed by atoms with Gasteiger partial charge in [0.1, 0.15) is 46.2 Å². The van der Waals surface area contributed by atoms with Gasteiger partial charge in [-0.25, -0.2) is 14.4 Å². The minimum absolute atomic E-state index is 0.160. The maximum Gasteiger partial charge on any atom is 0.246 e. The summed E-state index contributed by atoms with van der Waals surface area (Å²) in [5.74, 6) is 0.286. The molecule has 0 spiro atoms. The van der Waals surface area contributed by atoms with E-state index >= 15 is 0 Å². The first kappa shape index (κ1) is 32.2. The number of ether oxygens (including phenoxy) is 2. The summed E-state index contributed by atoms with van der Waals surface area (Å²) >= 11 is 1.52. The second-order valence-corrected chi connectivity index (χ2v) is 13.7. The number of rotatable bonds is 9. The van der Waals surface area contributed by atoms with Crippen molar-refractivity contribution in [3.8, 4) is 22.2 Å². The number of hydrogen-bond donors (Lipinski definition) is 2. The smallest absolute Gasteiger partial charge is 0.246 e. The molecule has 9 nitrogen and oxygen atoms in total. The van der Waals surface area contributed by atoms with E-state index in [1.165, 1.54) is 28.4 Å². The van der Waals surface area contributed by atoms with Crippen molar-refractivity contribution < 1.29 is 23.5 Å². The number of pyridine rings is 1. The zero-order valence-corrected chi connectivity index (χ0v) is 27.5. The largest absolute Gasteiger partial charge is 0.496 e. The van der Waals surface area contributed by atoms with E-state index in [1.54, 1.807) is 19.2 Å². The predicted molar refractivity (Wildman–Crippen MR) is 175 cm³/mol. The number of nitrogens with one attached hydrogen (secondary N) is 1. The van der Waals surface area contributed by atoms with Crippen LogP contribution in [0.5, 0.6) is 11.5 Å². The van der Waals surface area contributed by atoms with Crippen LogP contribution in [0.3, 0.4) is 0 Å². The number of thiazole rings is 1. The van der Waals surface area contributed by atoms with Crippen molar-refractivity contribution >= 4 is 39.7 Å². The van der Waals surface area contributed by atoms with Crippen LogP contribution in [0.1, 0.15) is 58.2 Å². The fraction of sp³-hybridized carbons (Fsp3) is 0.412. The lowest BCUT2D eigenvalue weighted by molar-refractivity contribution is -0.139. The van der Waals surface area contributed by atoms with Gasteiger partial charge in [-0.3, -0.25) is 9.59 Å². The topological polar surface area (TPSA) is 120 Å². The summed E-state index contributed by atoms with van der Waals surface area (Å²) < 4.78 is 25.8. The SMILES string of the molecule is COc1ccc2c(OC3C[C@@H](C(N)=O)N(C(=O)[C@@H](Nc4ccc(F)cc4)C(C)(C)C)C3)cc(-c3nc(C(C)C)cs3)nc2c1C. The molecule has 11 heteroatoms. The molecule has 0 radical (unpaired) electrons. The maximum atomic E-state index is 14.1. The van der Waals surface area contributed by atoms with Crippen molar-refractivity contribution in [2.24, 2.45) is 11.1 Å². The number of nitrogens with zero attached hydrogens (tertiary/aromatic N) is 3. The molecule has 1 saturated heterocycles. The Morgan fingerprint density at radius 2 is 1.82 bits per heavy atom. The third kappa shape index (κ3) is 6.73. The summed E-state index contributed by atoms with van der Waals surface area (Å²) in [4.78, 5) is 38.1. The van der Waals surface area contributed by atoms with Crippen molar-refractivity contribution in [3.63, 3.8) is 0 Å². The monoisotopic (exact) mass is 633 g/mol. The fourth-order valence-corrected chi connectivity index (χ4v) is 6.52. The molecule has 0 saturated carbocycles. The Labute approximate surface area is 267 Å². The number of benzene rings is 2. The van der Waals surface area contributed by atoms with Crippen molar-refractivity contribution in [2.45, 2.75) is 72.1 Å². The molecule has 4 aromatic rings. The normalized spacial score (nSPS) is 17.5. The minimum Gasteiger partial charge on any atom is -0.496 e. The molecule has 3 heterocycles. The van der Waals surface area contributed by atoms with Gasteiger partial charge in [0.05, 0.1) is 24.9 Å². The lowest BCUT2D eigenvalue weighted by atomic mass is 9.85. The van der Waals surface area contributed by atoms with Crippen molar-refractivity contribution in [1.82, 2.24) is 14.9 Å². The number of carbonyl (C=O) groups is 2. The molecule has 3 N–H and O–H groups in total. The number of halogens is 1. The third-order valence-corrected chi connectivity index (χ3v) is 9.02. The third-order valence-electron chi connectivity index (χ3n) is 8.14. The number of primary amides is 1. The molecule has 1 unspecified atom stereocenters. The molecule has 2 amide bonds. The highest BCUT2D eigenvalue weighted by molar-refractivity contribution is 7.13. The summed E-state index contributed by atoms with van der Waals surface area (Å²) in [5.41, 5.74) is 9.13. The molecule has 45 heavy (non-hydrogen) atoms. The molecule has 0 aliphatic carbocycles. The quantitative estimate of drug-likeness (QED) is 0.222. The number of fused-ring (bicyclic) bond motifs is 1. The van der Waals surface area contributed by atoms with Gasteiger partial charge in [-0.15, -0.1) is 11.3 Å². The van der Waals surface area contributed by atoms with Gasteiger partial charge in [0, 0.05) is 34.5 Å². The zero-order chi connectivity index (χ0) is 32.6. The van der Waals surface area contributed by atoms with Gasteiger partial charge in [-0.2, -0.15) is 0 Å². The first-order valence-corrected chi connectivity index (χ1v) is 15.9. The van der Waals surface area contributed by atoms with E-state index in [0.29, 0.717) is 22.9 Å². The maximum absolute atomic E-state index is 14.1. The summed E-state index contributed by atoms with van der Waals surface area (Å²) in [6.07, 6.45) is -0.279. The first-order valence-electron chi connectivity index (χ1n) is 15.0. The van der Waals surface area contributed by atoms with E-state index in [9.17, 15) is 14.0 Å². The lowest BCUT2D eigenvalue weighted by Crippen LogP contribution is -2.53. The van der Waals surface area contributed by atoms with E-state index in [1.807, 2.05) is 51.3 Å². The second-order valence-electron chi connectivity index (χ2n) is 12.9. The van der Waals surface area contributed by atoms with Crippen LogP contribution in [0, 0.1) is 18.2 Å². The molecule has 2 aromatic carbocycles. The average Bonchev–Trinajstić information content (AvgIpc) is 3.65. The van der Waals surface area contributed by atoms with E-state index in [2.05, 4.69) is 19.2 Å². The van der Waals surface area contributed by atoms with Gasteiger partial charge in [-0.05, 0) is 54.7 Å². The number of hydrogen-bond acceptors (Lipinski definition) is 8. The molecular weight excluding hydrogens is 593 g/mol. The van der Waals surface area contributed by atoms with Crippen LogP contribution in [0.4, 0.5) is 10.1 Å². The van der Waals surface area contributed by atoms with Crippen LogP contribution in [0.2, 0.25) is 0 Å². The van der Waals surface area contributed by atoms with E-state index < -0.39 is 29.5 Å². The van der Waals surface area contributed by atoms with E-state index in [0.717, 1.165) is 27.2 Å². The van der Waals surface area contributed by atoms with Gasteiger partial charge in [0.15, 0.2) is 0 Å². The number of aromatic nitrogens is 2. The zero-order valence-electron chi connectivity index (χ0n) is 26.7. The van der Waals surface area contributed by atoms with Crippen LogP contribution < -0.4 is 20.5 Å². The number of anilines is 1. The molecule has 1 fully saturated rings. The van der Waals surface area contributed by atoms with Crippen molar-refractivity contribution in [2.75, 3.05) is 19.0 Å². The van der Waals surface area contributed by atoms with Gasteiger partial charge in [0.25, 0.3) is 0 Å². The number of aryl methyl sites for hydroxylation is 1. The molecule has 3 atom stereocenters. The molecule has 5 rings (SSSR count). The molecule has 2 aromatic heterocycles. The summed E-state index contributed by atoms with van der Waals surface area (Å²) in [7, 11) is 1.62. The van der Waals surface area contributed by atoms with Gasteiger partial charge >= 0.3 is 0 Å². The van der Waals surface area contributed by atoms with E-state index in [-0.39, 0.29) is 30.6 Å². The van der Waals surface area contributed by atoms with E-state index in [4.69, 9.17) is 25.2 Å². The predicted octanol–water partition coefficient (Wildman–Crippen LogP) is 6.30. The van der Waals surface area contributed by atoms with Gasteiger partial charge in [0.2, 0.25) is 11.8 Å². The van der Waals surface area contributed by atoms with Crippen LogP contribution in [-0.4, -0.2) is 58.5 Å². The highest BCUT2D eigenvalue weighted by atomic mass is 32.1. The Kier molecular flexibility index (Phi) is 9.02. The number of amides is 2. The Hall–Kier alpha value is -4.25. The standard InChI is InChI=1S/C34H40FN5O4S/c1-18(2)25-17-45-32(39-25)24-15-28(23-12-13-27(43-7)19(3)29(23)38-24)44-22-14-26(31(36)41)40(16-22)33(42)30(34(4,5)6)37-21-10-8-20(35)9-11-21/h8-13,15,17-18,22,26,30,37H,14,16H2,1-7H3,(H2,36,41)/t22?,26-,30+/m0/s1. The summed E-state index contributed by atoms with van der Waals surface area (Å²) in [5, 5.41) is 6.83. The Morgan fingerprint density at radius 1 is 1.11 bits per heavy atom. The second kappa shape index (κ2) is 12.6. The summed E-state index contributed by atoms with van der Waals surface area (Å²) in [6.45, 7) is 12.1. The number of carbonyl (C=O) groups excluding carboxylic acids is 2. The number of methoxy groups -OCH3 is 1. The lowest BCUT2D eigenvalue weighted by Gasteiger charge is -2.35. The molecule has 238 valence electrons. The van der Waals surface area contributed by atoms with Crippen LogP contribution >= 0.6 is 11.3 Å². The number of likely N-dealkylation sites (tertiary alicyclic amines) is 1.